The van der Waals surface area contributed by atoms with Crippen LogP contribution in [0.25, 0.3) is 0 Å². The molecule has 0 heterocycles. The first-order chi connectivity index (χ1) is 31.5. The standard InChI is InChI=1S/C58H104O6/c1-4-7-10-13-16-19-22-25-28-29-31-33-36-39-42-45-48-51-57(60)63-54-55(53-62-56(59)50-47-44-41-38-35-32-27-24-21-18-15-12-9-6-3)64-58(61)52-49-46-43-40-37-34-30-26-23-20-17-14-11-8-5-2/h17,20,24,26-27,30,37,40,55H,4-16,18-19,21-23,25,28-29,31-36,38-39,41-54H2,1-3H3/b20-17-,27-24-,30-26-,40-37-/t55-/m1/s1. The molecular weight excluding hydrogens is 793 g/mol. The number of hydrogen-bond donors (Lipinski definition) is 0. The van der Waals surface area contributed by atoms with Crippen molar-refractivity contribution in [2.24, 2.45) is 0 Å². The maximum absolute atomic E-state index is 12.8. The van der Waals surface area contributed by atoms with E-state index in [1.54, 1.807) is 0 Å². The van der Waals surface area contributed by atoms with Crippen LogP contribution in [0.2, 0.25) is 0 Å². The van der Waals surface area contributed by atoms with E-state index in [1.165, 1.54) is 167 Å². The number of ether oxygens (including phenoxy) is 3. The summed E-state index contributed by atoms with van der Waals surface area (Å²) in [6.07, 6.45) is 63.8. The average Bonchev–Trinajstić information content (AvgIpc) is 3.29. The quantitative estimate of drug-likeness (QED) is 0.0262. The highest BCUT2D eigenvalue weighted by molar-refractivity contribution is 5.71. The smallest absolute Gasteiger partial charge is 0.306 e. The van der Waals surface area contributed by atoms with Gasteiger partial charge < -0.3 is 14.2 Å². The van der Waals surface area contributed by atoms with Crippen LogP contribution in [0.15, 0.2) is 48.6 Å². The van der Waals surface area contributed by atoms with Gasteiger partial charge in [-0.2, -0.15) is 0 Å². The molecule has 6 heteroatoms. The van der Waals surface area contributed by atoms with Gasteiger partial charge in [0.05, 0.1) is 0 Å². The van der Waals surface area contributed by atoms with Gasteiger partial charge in [-0.05, 0) is 83.5 Å². The van der Waals surface area contributed by atoms with E-state index < -0.39 is 6.10 Å². The predicted octanol–water partition coefficient (Wildman–Crippen LogP) is 18.3. The summed E-state index contributed by atoms with van der Waals surface area (Å²) in [5.74, 6) is -0.924. The minimum atomic E-state index is -0.793. The maximum atomic E-state index is 12.8. The van der Waals surface area contributed by atoms with Crippen LogP contribution in [0.5, 0.6) is 0 Å². The molecule has 0 saturated carbocycles. The first-order valence-electron chi connectivity index (χ1n) is 27.6. The Morgan fingerprint density at radius 1 is 0.312 bits per heavy atom. The lowest BCUT2D eigenvalue weighted by Crippen LogP contribution is -2.30. The Bertz CT molecular complexity index is 1120. The van der Waals surface area contributed by atoms with Crippen molar-refractivity contribution in [1.82, 2.24) is 0 Å². The number of esters is 3. The first kappa shape index (κ1) is 61.4. The van der Waals surface area contributed by atoms with Gasteiger partial charge in [0.1, 0.15) is 13.2 Å². The molecule has 0 amide bonds. The number of hydrogen-bond acceptors (Lipinski definition) is 6. The van der Waals surface area contributed by atoms with Crippen molar-refractivity contribution in [3.63, 3.8) is 0 Å². The van der Waals surface area contributed by atoms with Crippen molar-refractivity contribution in [1.29, 1.82) is 0 Å². The molecular formula is C58H104O6. The third kappa shape index (κ3) is 50.4. The van der Waals surface area contributed by atoms with E-state index in [2.05, 4.69) is 69.4 Å². The zero-order valence-corrected chi connectivity index (χ0v) is 42.6. The third-order valence-electron chi connectivity index (χ3n) is 12.1. The summed E-state index contributed by atoms with van der Waals surface area (Å²) < 4.78 is 16.8. The van der Waals surface area contributed by atoms with Gasteiger partial charge in [0.2, 0.25) is 0 Å². The summed E-state index contributed by atoms with van der Waals surface area (Å²) in [5.41, 5.74) is 0. The molecule has 0 aromatic heterocycles. The molecule has 0 bridgehead atoms. The second-order valence-corrected chi connectivity index (χ2v) is 18.5. The number of carbonyl (C=O) groups excluding carboxylic acids is 3. The third-order valence-corrected chi connectivity index (χ3v) is 12.1. The summed E-state index contributed by atoms with van der Waals surface area (Å²) in [6, 6.07) is 0. The van der Waals surface area contributed by atoms with Gasteiger partial charge in [-0.15, -0.1) is 0 Å². The largest absolute Gasteiger partial charge is 0.462 e. The van der Waals surface area contributed by atoms with Crippen LogP contribution in [0, 0.1) is 0 Å². The van der Waals surface area contributed by atoms with E-state index in [-0.39, 0.29) is 37.5 Å². The lowest BCUT2D eigenvalue weighted by molar-refractivity contribution is -0.167. The average molecular weight is 897 g/mol. The molecule has 372 valence electrons. The molecule has 0 aromatic rings. The zero-order valence-electron chi connectivity index (χ0n) is 42.6. The van der Waals surface area contributed by atoms with E-state index >= 15 is 0 Å². The molecule has 0 radical (unpaired) electrons. The second-order valence-electron chi connectivity index (χ2n) is 18.5. The number of carbonyl (C=O) groups is 3. The molecule has 0 saturated heterocycles. The summed E-state index contributed by atoms with van der Waals surface area (Å²) in [7, 11) is 0. The van der Waals surface area contributed by atoms with Crippen LogP contribution in [0.3, 0.4) is 0 Å². The Kier molecular flexibility index (Phi) is 50.8. The Hall–Kier alpha value is -2.63. The predicted molar refractivity (Wildman–Crippen MR) is 275 cm³/mol. The van der Waals surface area contributed by atoms with E-state index in [4.69, 9.17) is 14.2 Å². The van der Waals surface area contributed by atoms with Crippen molar-refractivity contribution >= 4 is 17.9 Å². The van der Waals surface area contributed by atoms with Gasteiger partial charge in [0.25, 0.3) is 0 Å². The highest BCUT2D eigenvalue weighted by Crippen LogP contribution is 2.16. The van der Waals surface area contributed by atoms with Gasteiger partial charge in [0.15, 0.2) is 6.10 Å². The van der Waals surface area contributed by atoms with E-state index in [0.717, 1.165) is 70.6 Å². The SMILES string of the molecule is CCCCC/C=C\C/C=C\C/C=C\CCCCC(=O)O[C@H](COC(=O)CCCCCCC/C=C\CCCCCCC)COC(=O)CCCCCCCCCCCCCCCCCCC. The Labute approximate surface area is 397 Å². The molecule has 0 rings (SSSR count). The molecule has 0 spiro atoms. The molecule has 0 aromatic carbocycles. The summed E-state index contributed by atoms with van der Waals surface area (Å²) >= 11 is 0. The van der Waals surface area contributed by atoms with Gasteiger partial charge >= 0.3 is 17.9 Å². The number of unbranched alkanes of at least 4 members (excludes halogenated alkanes) is 31. The van der Waals surface area contributed by atoms with E-state index in [0.29, 0.717) is 19.3 Å². The fourth-order valence-corrected chi connectivity index (χ4v) is 7.86. The Balaban J connectivity index is 4.41. The molecule has 0 aliphatic carbocycles. The van der Waals surface area contributed by atoms with Crippen molar-refractivity contribution < 1.29 is 28.6 Å². The van der Waals surface area contributed by atoms with Crippen molar-refractivity contribution in [2.45, 2.75) is 290 Å². The number of allylic oxidation sites excluding steroid dienone is 8. The van der Waals surface area contributed by atoms with E-state index in [1.807, 2.05) is 0 Å². The highest BCUT2D eigenvalue weighted by atomic mass is 16.6. The van der Waals surface area contributed by atoms with Crippen molar-refractivity contribution in [3.8, 4) is 0 Å². The van der Waals surface area contributed by atoms with Crippen LogP contribution in [0.4, 0.5) is 0 Å². The van der Waals surface area contributed by atoms with Gasteiger partial charge in [-0.1, -0.05) is 230 Å². The van der Waals surface area contributed by atoms with Crippen LogP contribution in [-0.4, -0.2) is 37.2 Å². The molecule has 0 fully saturated rings. The molecule has 0 aliphatic rings. The van der Waals surface area contributed by atoms with Crippen molar-refractivity contribution in [3.05, 3.63) is 48.6 Å². The molecule has 0 N–H and O–H groups in total. The summed E-state index contributed by atoms with van der Waals surface area (Å²) in [4.78, 5) is 38.0. The Morgan fingerprint density at radius 3 is 0.953 bits per heavy atom. The monoisotopic (exact) mass is 897 g/mol. The van der Waals surface area contributed by atoms with Crippen LogP contribution in [0.1, 0.15) is 284 Å². The van der Waals surface area contributed by atoms with E-state index in [9.17, 15) is 14.4 Å². The van der Waals surface area contributed by atoms with Crippen LogP contribution in [-0.2, 0) is 28.6 Å². The van der Waals surface area contributed by atoms with Crippen LogP contribution < -0.4 is 0 Å². The fraction of sp³-hybridized carbons (Fsp3) is 0.810. The lowest BCUT2D eigenvalue weighted by Gasteiger charge is -2.18. The second kappa shape index (κ2) is 53.0. The normalized spacial score (nSPS) is 12.4. The zero-order chi connectivity index (χ0) is 46.5. The Morgan fingerprint density at radius 2 is 0.562 bits per heavy atom. The van der Waals surface area contributed by atoms with Crippen LogP contribution >= 0.6 is 0 Å². The van der Waals surface area contributed by atoms with Gasteiger partial charge in [-0.25, -0.2) is 0 Å². The summed E-state index contributed by atoms with van der Waals surface area (Å²) in [6.45, 7) is 6.59. The first-order valence-corrected chi connectivity index (χ1v) is 27.6. The van der Waals surface area contributed by atoms with Gasteiger partial charge in [0, 0.05) is 19.3 Å². The molecule has 0 aliphatic heterocycles. The number of rotatable bonds is 50. The molecule has 64 heavy (non-hydrogen) atoms. The summed E-state index contributed by atoms with van der Waals surface area (Å²) in [5, 5.41) is 0. The maximum Gasteiger partial charge on any atom is 0.306 e. The topological polar surface area (TPSA) is 78.9 Å². The minimum Gasteiger partial charge on any atom is -0.462 e. The molecule has 0 unspecified atom stereocenters. The minimum absolute atomic E-state index is 0.0883. The lowest BCUT2D eigenvalue weighted by atomic mass is 10.0. The van der Waals surface area contributed by atoms with Gasteiger partial charge in [-0.3, -0.25) is 14.4 Å². The fourth-order valence-electron chi connectivity index (χ4n) is 7.86. The molecule has 1 atom stereocenters. The van der Waals surface area contributed by atoms with Crippen molar-refractivity contribution in [2.75, 3.05) is 13.2 Å². The highest BCUT2D eigenvalue weighted by Gasteiger charge is 2.19. The molecule has 6 nitrogen and oxygen atoms in total.